The smallest absolute Gasteiger partial charge is 0.258 e. The third-order valence-corrected chi connectivity index (χ3v) is 2.02. The molecule has 0 saturated heterocycles. The summed E-state index contributed by atoms with van der Waals surface area (Å²) in [6, 6.07) is 3.08. The molecule has 1 aromatic carbocycles. The topological polar surface area (TPSA) is 43.1 Å². The van der Waals surface area contributed by atoms with Crippen molar-refractivity contribution in [1.82, 2.24) is 0 Å². The minimum Gasteiger partial charge on any atom is -0.258 e. The molecule has 0 saturated carbocycles. The number of halogens is 1. The van der Waals surface area contributed by atoms with Gasteiger partial charge < -0.3 is 0 Å². The molecule has 1 aromatic rings. The SMILES string of the molecule is CC.Cc1cc(Cl)cc([N+](=O)[O-])c1C. The molecule has 0 heterocycles. The third-order valence-electron chi connectivity index (χ3n) is 1.80. The Labute approximate surface area is 88.9 Å². The second kappa shape index (κ2) is 5.60. The highest BCUT2D eigenvalue weighted by atomic mass is 35.5. The Morgan fingerprint density at radius 3 is 2.21 bits per heavy atom. The first kappa shape index (κ1) is 12.9. The van der Waals surface area contributed by atoms with Gasteiger partial charge in [-0.15, -0.1) is 0 Å². The van der Waals surface area contributed by atoms with Crippen LogP contribution < -0.4 is 0 Å². The van der Waals surface area contributed by atoms with E-state index in [0.717, 1.165) is 5.56 Å². The molecule has 0 aromatic heterocycles. The molecule has 0 aliphatic heterocycles. The molecule has 0 amide bonds. The van der Waals surface area contributed by atoms with Crippen LogP contribution in [0.4, 0.5) is 5.69 Å². The van der Waals surface area contributed by atoms with Crippen molar-refractivity contribution < 1.29 is 4.92 Å². The quantitative estimate of drug-likeness (QED) is 0.527. The Kier molecular flexibility index (Phi) is 5.16. The van der Waals surface area contributed by atoms with Crippen molar-refractivity contribution in [2.24, 2.45) is 0 Å². The summed E-state index contributed by atoms with van der Waals surface area (Å²) in [4.78, 5) is 10.1. The Morgan fingerprint density at radius 2 is 1.79 bits per heavy atom. The van der Waals surface area contributed by atoms with E-state index in [-0.39, 0.29) is 5.69 Å². The Hall–Kier alpha value is -1.09. The first-order valence-electron chi connectivity index (χ1n) is 4.43. The summed E-state index contributed by atoms with van der Waals surface area (Å²) >= 11 is 5.66. The summed E-state index contributed by atoms with van der Waals surface area (Å²) in [5, 5.41) is 10.9. The standard InChI is InChI=1S/C8H8ClNO2.C2H6/c1-5-3-7(9)4-8(6(5)2)10(11)12;1-2/h3-4H,1-2H3;1-2H3. The molecule has 0 N–H and O–H groups in total. The number of hydrogen-bond donors (Lipinski definition) is 0. The number of nitrogens with zero attached hydrogens (tertiary/aromatic N) is 1. The lowest BCUT2D eigenvalue weighted by Gasteiger charge is -2.01. The van der Waals surface area contributed by atoms with Gasteiger partial charge in [-0.1, -0.05) is 25.4 Å². The molecule has 0 aliphatic rings. The van der Waals surface area contributed by atoms with E-state index in [4.69, 9.17) is 11.6 Å². The maximum Gasteiger partial charge on any atom is 0.274 e. The van der Waals surface area contributed by atoms with Gasteiger partial charge in [0.1, 0.15) is 0 Å². The van der Waals surface area contributed by atoms with Gasteiger partial charge in [0.15, 0.2) is 0 Å². The predicted molar refractivity (Wildman–Crippen MR) is 58.9 cm³/mol. The number of benzene rings is 1. The summed E-state index contributed by atoms with van der Waals surface area (Å²) in [7, 11) is 0. The second-order valence-corrected chi connectivity index (χ2v) is 3.06. The maximum absolute atomic E-state index is 10.5. The van der Waals surface area contributed by atoms with Gasteiger partial charge in [-0.05, 0) is 25.5 Å². The van der Waals surface area contributed by atoms with Gasteiger partial charge >= 0.3 is 0 Å². The zero-order valence-electron chi connectivity index (χ0n) is 8.80. The van der Waals surface area contributed by atoms with Crippen LogP contribution in [0.5, 0.6) is 0 Å². The van der Waals surface area contributed by atoms with Gasteiger partial charge in [-0.2, -0.15) is 0 Å². The van der Waals surface area contributed by atoms with E-state index in [1.54, 1.807) is 19.9 Å². The van der Waals surface area contributed by atoms with Crippen molar-refractivity contribution in [2.45, 2.75) is 27.7 Å². The summed E-state index contributed by atoms with van der Waals surface area (Å²) < 4.78 is 0. The van der Waals surface area contributed by atoms with Crippen LogP contribution in [0.1, 0.15) is 25.0 Å². The first-order chi connectivity index (χ1) is 6.52. The average molecular weight is 216 g/mol. The van der Waals surface area contributed by atoms with Gasteiger partial charge in [-0.3, -0.25) is 10.1 Å². The van der Waals surface area contributed by atoms with Crippen molar-refractivity contribution in [3.8, 4) is 0 Å². The van der Waals surface area contributed by atoms with E-state index in [9.17, 15) is 10.1 Å². The van der Waals surface area contributed by atoms with Crippen molar-refractivity contribution in [3.63, 3.8) is 0 Å². The van der Waals surface area contributed by atoms with E-state index in [2.05, 4.69) is 0 Å². The lowest BCUT2D eigenvalue weighted by molar-refractivity contribution is -0.385. The zero-order chi connectivity index (χ0) is 11.3. The second-order valence-electron chi connectivity index (χ2n) is 2.62. The summed E-state index contributed by atoms with van der Waals surface area (Å²) in [5.74, 6) is 0. The van der Waals surface area contributed by atoms with Gasteiger partial charge in [0.05, 0.1) is 4.92 Å². The predicted octanol–water partition coefficient (Wildman–Crippen LogP) is 3.89. The van der Waals surface area contributed by atoms with Crippen molar-refractivity contribution >= 4 is 17.3 Å². The number of rotatable bonds is 1. The lowest BCUT2D eigenvalue weighted by Crippen LogP contribution is -1.93. The van der Waals surface area contributed by atoms with Gasteiger partial charge in [0, 0.05) is 16.7 Å². The van der Waals surface area contributed by atoms with Crippen molar-refractivity contribution in [2.75, 3.05) is 0 Å². The number of nitro groups is 1. The van der Waals surface area contributed by atoms with Crippen LogP contribution in [0.3, 0.4) is 0 Å². The Balaban J connectivity index is 0.000000791. The highest BCUT2D eigenvalue weighted by Crippen LogP contribution is 2.25. The van der Waals surface area contributed by atoms with Crippen molar-refractivity contribution in [1.29, 1.82) is 0 Å². The van der Waals surface area contributed by atoms with Crippen LogP contribution in [-0.2, 0) is 0 Å². The highest BCUT2D eigenvalue weighted by Gasteiger charge is 2.12. The lowest BCUT2D eigenvalue weighted by atomic mass is 10.1. The molecule has 1 rings (SSSR count). The van der Waals surface area contributed by atoms with Crippen molar-refractivity contribution in [3.05, 3.63) is 38.4 Å². The molecule has 78 valence electrons. The van der Waals surface area contributed by atoms with E-state index >= 15 is 0 Å². The van der Waals surface area contributed by atoms with Gasteiger partial charge in [0.2, 0.25) is 0 Å². The maximum atomic E-state index is 10.5. The molecule has 3 nitrogen and oxygen atoms in total. The fourth-order valence-electron chi connectivity index (χ4n) is 0.987. The minimum absolute atomic E-state index is 0.0833. The van der Waals surface area contributed by atoms with Gasteiger partial charge in [-0.25, -0.2) is 0 Å². The molecule has 0 spiro atoms. The van der Waals surface area contributed by atoms with Crippen LogP contribution >= 0.6 is 11.6 Å². The molecule has 0 fully saturated rings. The first-order valence-corrected chi connectivity index (χ1v) is 4.81. The minimum atomic E-state index is -0.422. The van der Waals surface area contributed by atoms with Gasteiger partial charge in [0.25, 0.3) is 5.69 Å². The highest BCUT2D eigenvalue weighted by molar-refractivity contribution is 6.30. The van der Waals surface area contributed by atoms with E-state index < -0.39 is 4.92 Å². The monoisotopic (exact) mass is 215 g/mol. The molecule has 4 heteroatoms. The number of hydrogen-bond acceptors (Lipinski definition) is 2. The third kappa shape index (κ3) is 3.00. The van der Waals surface area contributed by atoms with Crippen LogP contribution in [-0.4, -0.2) is 4.92 Å². The molecule has 0 radical (unpaired) electrons. The largest absolute Gasteiger partial charge is 0.274 e. The average Bonchev–Trinajstić information content (AvgIpc) is 2.14. The fourth-order valence-corrected chi connectivity index (χ4v) is 1.25. The molecular formula is C10H14ClNO2. The van der Waals surface area contributed by atoms with E-state index in [1.165, 1.54) is 6.07 Å². The molecule has 0 bridgehead atoms. The number of nitro benzene ring substituents is 1. The van der Waals surface area contributed by atoms with Crippen LogP contribution in [0.25, 0.3) is 0 Å². The number of aryl methyl sites for hydroxylation is 1. The van der Waals surface area contributed by atoms with E-state index in [0.29, 0.717) is 10.6 Å². The Bertz CT molecular complexity index is 337. The summed E-state index contributed by atoms with van der Waals surface area (Å²) in [5.41, 5.74) is 1.60. The van der Waals surface area contributed by atoms with Crippen LogP contribution in [0.2, 0.25) is 5.02 Å². The summed E-state index contributed by atoms with van der Waals surface area (Å²) in [6.45, 7) is 7.51. The molecule has 0 atom stereocenters. The Morgan fingerprint density at radius 1 is 1.29 bits per heavy atom. The molecule has 0 unspecified atom stereocenters. The molecular weight excluding hydrogens is 202 g/mol. The normalized spacial score (nSPS) is 8.93. The molecule has 0 aliphatic carbocycles. The van der Waals surface area contributed by atoms with Crippen LogP contribution in [0.15, 0.2) is 12.1 Å². The fraction of sp³-hybridized carbons (Fsp3) is 0.400. The summed E-state index contributed by atoms with van der Waals surface area (Å²) in [6.07, 6.45) is 0. The molecule has 14 heavy (non-hydrogen) atoms. The van der Waals surface area contributed by atoms with E-state index in [1.807, 2.05) is 13.8 Å². The van der Waals surface area contributed by atoms with Crippen LogP contribution in [0, 0.1) is 24.0 Å². The zero-order valence-corrected chi connectivity index (χ0v) is 9.55.